The van der Waals surface area contributed by atoms with Gasteiger partial charge >= 0.3 is 5.97 Å². The third kappa shape index (κ3) is 3.22. The van der Waals surface area contributed by atoms with Crippen molar-refractivity contribution >= 4 is 27.4 Å². The number of aliphatic hydroxyl groups excluding tert-OH is 1. The Morgan fingerprint density at radius 3 is 2.50 bits per heavy atom. The molecule has 7 heteroatoms. The van der Waals surface area contributed by atoms with Crippen molar-refractivity contribution in [3.63, 3.8) is 0 Å². The molecule has 0 aliphatic rings. The molecule has 0 heterocycles. The van der Waals surface area contributed by atoms with Crippen LogP contribution in [0.4, 0.5) is 0 Å². The van der Waals surface area contributed by atoms with Gasteiger partial charge in [-0.3, -0.25) is 0 Å². The second-order valence-corrected chi connectivity index (χ2v) is 6.29. The molecule has 0 spiro atoms. The van der Waals surface area contributed by atoms with Crippen molar-refractivity contribution in [1.82, 2.24) is 0 Å². The first-order valence-electron chi connectivity index (χ1n) is 5.16. The maximum Gasteiger partial charge on any atom is 0.336 e. The quantitative estimate of drug-likeness (QED) is 0.858. The fourth-order valence-electron chi connectivity index (χ4n) is 1.56. The summed E-state index contributed by atoms with van der Waals surface area (Å²) >= 11 is 5.73. The summed E-state index contributed by atoms with van der Waals surface area (Å²) in [6, 6.07) is 2.44. The number of carboxylic acid groups (broad SMARTS) is 1. The normalized spacial score (nSPS) is 11.5. The number of benzene rings is 1. The number of carboxylic acids is 1. The van der Waals surface area contributed by atoms with Crippen LogP contribution in [0.5, 0.6) is 0 Å². The number of aliphatic hydroxyl groups is 1. The number of carbonyl (C=O) groups is 1. The van der Waals surface area contributed by atoms with Crippen LogP contribution >= 0.6 is 11.6 Å². The first-order chi connectivity index (χ1) is 8.29. The highest BCUT2D eigenvalue weighted by atomic mass is 35.5. The number of hydrogen-bond acceptors (Lipinski definition) is 4. The molecule has 0 atom stereocenters. The number of aromatic carboxylic acids is 1. The van der Waals surface area contributed by atoms with E-state index in [1.54, 1.807) is 0 Å². The first kappa shape index (κ1) is 14.9. The van der Waals surface area contributed by atoms with E-state index in [-0.39, 0.29) is 39.8 Å². The van der Waals surface area contributed by atoms with Crippen LogP contribution in [0.25, 0.3) is 0 Å². The van der Waals surface area contributed by atoms with Gasteiger partial charge in [0.1, 0.15) is 0 Å². The number of hydrogen-bond donors (Lipinski definition) is 2. The zero-order valence-electron chi connectivity index (χ0n) is 9.68. The fourth-order valence-corrected chi connectivity index (χ4v) is 3.46. The Labute approximate surface area is 110 Å². The highest BCUT2D eigenvalue weighted by molar-refractivity contribution is 7.91. The van der Waals surface area contributed by atoms with Crippen LogP contribution in [-0.2, 0) is 9.84 Å². The molecule has 1 aromatic rings. The summed E-state index contributed by atoms with van der Waals surface area (Å²) in [4.78, 5) is 10.9. The third-order valence-electron chi connectivity index (χ3n) is 2.46. The van der Waals surface area contributed by atoms with E-state index in [1.165, 1.54) is 19.1 Å². The van der Waals surface area contributed by atoms with Gasteiger partial charge in [0, 0.05) is 11.6 Å². The lowest BCUT2D eigenvalue weighted by Crippen LogP contribution is -2.12. The zero-order valence-corrected chi connectivity index (χ0v) is 11.3. The van der Waals surface area contributed by atoms with Crippen LogP contribution in [0.2, 0.25) is 5.02 Å². The van der Waals surface area contributed by atoms with Crippen LogP contribution < -0.4 is 0 Å². The molecule has 0 aliphatic heterocycles. The Balaban J connectivity index is 3.37. The summed E-state index contributed by atoms with van der Waals surface area (Å²) in [6.07, 6.45) is 0.0939. The molecule has 0 bridgehead atoms. The van der Waals surface area contributed by atoms with Gasteiger partial charge < -0.3 is 10.2 Å². The molecule has 0 aliphatic carbocycles. The average Bonchev–Trinajstić information content (AvgIpc) is 2.28. The van der Waals surface area contributed by atoms with Crippen LogP contribution in [0.15, 0.2) is 17.0 Å². The third-order valence-corrected chi connectivity index (χ3v) is 4.60. The van der Waals surface area contributed by atoms with Crippen molar-refractivity contribution in [3.05, 3.63) is 28.3 Å². The summed E-state index contributed by atoms with van der Waals surface area (Å²) in [5.74, 6) is -1.47. The SMILES string of the molecule is Cc1c(C(=O)O)cc(Cl)cc1S(=O)(=O)CCCO. The lowest BCUT2D eigenvalue weighted by atomic mass is 10.1. The molecule has 100 valence electrons. The maximum absolute atomic E-state index is 12.0. The summed E-state index contributed by atoms with van der Waals surface area (Å²) in [5, 5.41) is 17.7. The van der Waals surface area contributed by atoms with E-state index in [4.69, 9.17) is 21.8 Å². The van der Waals surface area contributed by atoms with E-state index in [9.17, 15) is 13.2 Å². The molecule has 2 N–H and O–H groups in total. The van der Waals surface area contributed by atoms with Crippen molar-refractivity contribution in [1.29, 1.82) is 0 Å². The number of rotatable bonds is 5. The molecular formula is C11H13ClO5S. The van der Waals surface area contributed by atoms with Crippen LogP contribution in [0, 0.1) is 6.92 Å². The molecule has 0 radical (unpaired) electrons. The number of halogens is 1. The van der Waals surface area contributed by atoms with Crippen molar-refractivity contribution in [2.45, 2.75) is 18.2 Å². The van der Waals surface area contributed by atoms with E-state index in [1.807, 2.05) is 0 Å². The highest BCUT2D eigenvalue weighted by Crippen LogP contribution is 2.25. The molecule has 1 aromatic carbocycles. The van der Waals surface area contributed by atoms with E-state index < -0.39 is 15.8 Å². The molecule has 5 nitrogen and oxygen atoms in total. The minimum atomic E-state index is -3.64. The topological polar surface area (TPSA) is 91.7 Å². The van der Waals surface area contributed by atoms with Gasteiger partial charge in [0.25, 0.3) is 0 Å². The van der Waals surface area contributed by atoms with Gasteiger partial charge in [-0.15, -0.1) is 0 Å². The van der Waals surface area contributed by atoms with Crippen molar-refractivity contribution < 1.29 is 23.4 Å². The van der Waals surface area contributed by atoms with Crippen LogP contribution in [-0.4, -0.2) is 37.0 Å². The Kier molecular flexibility index (Phi) is 4.72. The van der Waals surface area contributed by atoms with Crippen LogP contribution in [0.1, 0.15) is 22.3 Å². The summed E-state index contributed by atoms with van der Waals surface area (Å²) in [7, 11) is -3.64. The Hall–Kier alpha value is -1.11. The molecule has 1 rings (SSSR count). The molecule has 0 fully saturated rings. The van der Waals surface area contributed by atoms with E-state index in [0.29, 0.717) is 0 Å². The molecular weight excluding hydrogens is 280 g/mol. The summed E-state index contributed by atoms with van der Waals surface area (Å²) < 4.78 is 24.0. The minimum Gasteiger partial charge on any atom is -0.478 e. The van der Waals surface area contributed by atoms with Gasteiger partial charge in [-0.1, -0.05) is 11.6 Å². The summed E-state index contributed by atoms with van der Waals surface area (Å²) in [5.41, 5.74) is 0.0231. The van der Waals surface area contributed by atoms with Crippen molar-refractivity contribution in [3.8, 4) is 0 Å². The predicted molar refractivity (Wildman–Crippen MR) is 66.9 cm³/mol. The van der Waals surface area contributed by atoms with Crippen molar-refractivity contribution in [2.75, 3.05) is 12.4 Å². The van der Waals surface area contributed by atoms with Crippen LogP contribution in [0.3, 0.4) is 0 Å². The van der Waals surface area contributed by atoms with Gasteiger partial charge in [-0.2, -0.15) is 0 Å². The largest absolute Gasteiger partial charge is 0.478 e. The minimum absolute atomic E-state index is 0.0561. The Morgan fingerprint density at radius 2 is 2.00 bits per heavy atom. The van der Waals surface area contributed by atoms with E-state index in [0.717, 1.165) is 0 Å². The van der Waals surface area contributed by atoms with Crippen molar-refractivity contribution in [2.24, 2.45) is 0 Å². The average molecular weight is 293 g/mol. The fraction of sp³-hybridized carbons (Fsp3) is 0.364. The van der Waals surface area contributed by atoms with Gasteiger partial charge in [-0.05, 0) is 31.0 Å². The van der Waals surface area contributed by atoms with E-state index >= 15 is 0 Å². The maximum atomic E-state index is 12.0. The van der Waals surface area contributed by atoms with Gasteiger partial charge in [0.2, 0.25) is 0 Å². The standard InChI is InChI=1S/C11H13ClO5S/c1-7-9(11(14)15)5-8(12)6-10(7)18(16,17)4-2-3-13/h5-6,13H,2-4H2,1H3,(H,14,15). The molecule has 0 aromatic heterocycles. The molecule has 0 amide bonds. The zero-order chi connectivity index (χ0) is 13.9. The Morgan fingerprint density at radius 1 is 1.39 bits per heavy atom. The lowest BCUT2D eigenvalue weighted by Gasteiger charge is -2.10. The highest BCUT2D eigenvalue weighted by Gasteiger charge is 2.21. The number of sulfone groups is 1. The second kappa shape index (κ2) is 5.69. The van der Waals surface area contributed by atoms with Gasteiger partial charge in [-0.25, -0.2) is 13.2 Å². The molecule has 0 saturated carbocycles. The summed E-state index contributed by atoms with van der Waals surface area (Å²) in [6.45, 7) is 1.18. The smallest absolute Gasteiger partial charge is 0.336 e. The second-order valence-electron chi connectivity index (χ2n) is 3.78. The monoisotopic (exact) mass is 292 g/mol. The molecule has 18 heavy (non-hydrogen) atoms. The first-order valence-corrected chi connectivity index (χ1v) is 7.19. The van der Waals surface area contributed by atoms with Gasteiger partial charge in [0.05, 0.1) is 16.2 Å². The van der Waals surface area contributed by atoms with Gasteiger partial charge in [0.15, 0.2) is 9.84 Å². The lowest BCUT2D eigenvalue weighted by molar-refractivity contribution is 0.0696. The molecule has 0 unspecified atom stereocenters. The predicted octanol–water partition coefficient (Wildman–Crippen LogP) is 1.50. The van der Waals surface area contributed by atoms with E-state index in [2.05, 4.69) is 0 Å². The Bertz CT molecular complexity index is 565. The molecule has 0 saturated heterocycles.